The fourth-order valence-corrected chi connectivity index (χ4v) is 2.08. The number of carbonyl (C=O) groups is 2. The van der Waals surface area contributed by atoms with Gasteiger partial charge < -0.3 is 15.5 Å². The minimum Gasteiger partial charge on any atom is -0.445 e. The summed E-state index contributed by atoms with van der Waals surface area (Å²) in [6.07, 6.45) is 0.352. The predicted molar refractivity (Wildman–Crippen MR) is 87.5 cm³/mol. The lowest BCUT2D eigenvalue weighted by molar-refractivity contribution is -0.114. The standard InChI is InChI=1S/C18H18N2O3/c19-12-17(21)16(11-14-7-3-1-4-8-14)20-18(22)23-13-15-9-5-2-6-10-15/h1-10,12,16,19H,11,13H2,(H,20,22). The molecule has 1 amide bonds. The summed E-state index contributed by atoms with van der Waals surface area (Å²) in [5.74, 6) is -0.467. The van der Waals surface area contributed by atoms with Crippen LogP contribution in [0.3, 0.4) is 0 Å². The predicted octanol–water partition coefficient (Wildman–Crippen LogP) is 2.74. The van der Waals surface area contributed by atoms with Gasteiger partial charge in [-0.05, 0) is 11.1 Å². The Kier molecular flexibility index (Phi) is 6.06. The number of nitrogens with one attached hydrogen (secondary N) is 2. The zero-order valence-corrected chi connectivity index (χ0v) is 12.6. The maximum atomic E-state index is 11.9. The third-order valence-corrected chi connectivity index (χ3v) is 3.27. The number of rotatable bonds is 7. The number of ketones is 1. The maximum Gasteiger partial charge on any atom is 0.408 e. The Balaban J connectivity index is 1.93. The Hall–Kier alpha value is -2.95. The first-order chi connectivity index (χ1) is 11.2. The number of ether oxygens (including phenoxy) is 1. The second kappa shape index (κ2) is 8.48. The van der Waals surface area contributed by atoms with Crippen molar-refractivity contribution in [1.29, 1.82) is 5.41 Å². The highest BCUT2D eigenvalue weighted by Crippen LogP contribution is 2.05. The molecule has 0 aliphatic rings. The second-order valence-corrected chi connectivity index (χ2v) is 5.00. The fourth-order valence-electron chi connectivity index (χ4n) is 2.08. The van der Waals surface area contributed by atoms with E-state index in [1.54, 1.807) is 0 Å². The number of carbonyl (C=O) groups excluding carboxylic acids is 2. The second-order valence-electron chi connectivity index (χ2n) is 5.00. The highest BCUT2D eigenvalue weighted by molar-refractivity contribution is 6.29. The molecule has 5 nitrogen and oxygen atoms in total. The summed E-state index contributed by atoms with van der Waals surface area (Å²) in [6, 6.07) is 17.8. The molecule has 2 rings (SSSR count). The van der Waals surface area contributed by atoms with Crippen LogP contribution in [-0.4, -0.2) is 24.1 Å². The normalized spacial score (nSPS) is 11.3. The van der Waals surface area contributed by atoms with Crippen molar-refractivity contribution in [3.8, 4) is 0 Å². The number of alkyl carbamates (subject to hydrolysis) is 1. The van der Waals surface area contributed by atoms with Crippen LogP contribution < -0.4 is 5.32 Å². The van der Waals surface area contributed by atoms with E-state index < -0.39 is 17.9 Å². The number of hydrogen-bond acceptors (Lipinski definition) is 4. The third kappa shape index (κ3) is 5.39. The van der Waals surface area contributed by atoms with Gasteiger partial charge in [0.1, 0.15) is 12.6 Å². The molecule has 1 unspecified atom stereocenters. The van der Waals surface area contributed by atoms with Crippen molar-refractivity contribution in [3.05, 3.63) is 71.8 Å². The molecule has 5 heteroatoms. The van der Waals surface area contributed by atoms with Crippen molar-refractivity contribution in [2.45, 2.75) is 19.1 Å². The van der Waals surface area contributed by atoms with Crippen molar-refractivity contribution in [1.82, 2.24) is 5.32 Å². The molecule has 23 heavy (non-hydrogen) atoms. The minimum atomic E-state index is -0.807. The van der Waals surface area contributed by atoms with Gasteiger partial charge in [-0.3, -0.25) is 4.79 Å². The van der Waals surface area contributed by atoms with Crippen LogP contribution in [0, 0.1) is 5.41 Å². The Morgan fingerprint density at radius 3 is 2.13 bits per heavy atom. The van der Waals surface area contributed by atoms with Crippen LogP contribution in [0.25, 0.3) is 0 Å². The van der Waals surface area contributed by atoms with Crippen molar-refractivity contribution >= 4 is 18.1 Å². The van der Waals surface area contributed by atoms with E-state index in [1.165, 1.54) is 0 Å². The molecule has 2 aromatic rings. The Labute approximate surface area is 134 Å². The molecular weight excluding hydrogens is 292 g/mol. The lowest BCUT2D eigenvalue weighted by atomic mass is 10.0. The van der Waals surface area contributed by atoms with E-state index in [2.05, 4.69) is 5.32 Å². The van der Waals surface area contributed by atoms with Gasteiger partial charge >= 0.3 is 6.09 Å². The summed E-state index contributed by atoms with van der Waals surface area (Å²) < 4.78 is 5.11. The van der Waals surface area contributed by atoms with Gasteiger partial charge in [0.15, 0.2) is 5.78 Å². The van der Waals surface area contributed by atoms with E-state index in [-0.39, 0.29) is 6.61 Å². The number of hydrogen-bond donors (Lipinski definition) is 2. The van der Waals surface area contributed by atoms with E-state index in [0.717, 1.165) is 11.1 Å². The van der Waals surface area contributed by atoms with Crippen LogP contribution in [0.4, 0.5) is 4.79 Å². The molecule has 0 spiro atoms. The molecule has 0 heterocycles. The molecule has 0 saturated carbocycles. The van der Waals surface area contributed by atoms with E-state index >= 15 is 0 Å². The van der Waals surface area contributed by atoms with Crippen molar-refractivity contribution in [2.75, 3.05) is 0 Å². The third-order valence-electron chi connectivity index (χ3n) is 3.27. The van der Waals surface area contributed by atoms with Crippen molar-refractivity contribution in [2.24, 2.45) is 0 Å². The number of benzene rings is 2. The van der Waals surface area contributed by atoms with Crippen molar-refractivity contribution < 1.29 is 14.3 Å². The summed E-state index contributed by atoms with van der Waals surface area (Å²) in [4.78, 5) is 23.7. The van der Waals surface area contributed by atoms with Crippen LogP contribution in [0.15, 0.2) is 60.7 Å². The van der Waals surface area contributed by atoms with Crippen LogP contribution in [0.2, 0.25) is 0 Å². The topological polar surface area (TPSA) is 79.3 Å². The van der Waals surface area contributed by atoms with Crippen LogP contribution in [0.5, 0.6) is 0 Å². The number of amides is 1. The molecule has 2 aromatic carbocycles. The molecule has 0 radical (unpaired) electrons. The smallest absolute Gasteiger partial charge is 0.408 e. The summed E-state index contributed by atoms with van der Waals surface area (Å²) in [5, 5.41) is 9.64. The molecule has 0 bridgehead atoms. The van der Waals surface area contributed by atoms with Gasteiger partial charge in [-0.25, -0.2) is 4.79 Å². The van der Waals surface area contributed by atoms with E-state index in [9.17, 15) is 9.59 Å². The summed E-state index contributed by atoms with van der Waals surface area (Å²) in [7, 11) is 0. The van der Waals surface area contributed by atoms with E-state index in [4.69, 9.17) is 10.1 Å². The molecule has 0 aliphatic carbocycles. The Bertz CT molecular complexity index is 656. The van der Waals surface area contributed by atoms with Crippen molar-refractivity contribution in [3.63, 3.8) is 0 Å². The van der Waals surface area contributed by atoms with Gasteiger partial charge in [0.25, 0.3) is 0 Å². The monoisotopic (exact) mass is 310 g/mol. The average Bonchev–Trinajstić information content (AvgIpc) is 2.60. The number of Topliss-reactive ketones (excluding diaryl/α,β-unsaturated/α-hetero) is 1. The van der Waals surface area contributed by atoms with Gasteiger partial charge in [0, 0.05) is 6.42 Å². The van der Waals surface area contributed by atoms with Crippen LogP contribution in [0.1, 0.15) is 11.1 Å². The molecule has 2 N–H and O–H groups in total. The molecule has 118 valence electrons. The van der Waals surface area contributed by atoms with Gasteiger partial charge in [-0.15, -0.1) is 0 Å². The van der Waals surface area contributed by atoms with Gasteiger partial charge in [0.05, 0.1) is 6.21 Å². The first kappa shape index (κ1) is 16.4. The molecular formula is C18H18N2O3. The molecule has 0 saturated heterocycles. The Morgan fingerprint density at radius 2 is 1.57 bits per heavy atom. The van der Waals surface area contributed by atoms with Crippen LogP contribution in [-0.2, 0) is 22.6 Å². The first-order valence-electron chi connectivity index (χ1n) is 7.24. The van der Waals surface area contributed by atoms with Gasteiger partial charge in [0.2, 0.25) is 0 Å². The van der Waals surface area contributed by atoms with E-state index in [1.807, 2.05) is 60.7 Å². The summed E-state index contributed by atoms with van der Waals surface area (Å²) in [5.41, 5.74) is 1.76. The summed E-state index contributed by atoms with van der Waals surface area (Å²) in [6.45, 7) is 0.128. The Morgan fingerprint density at radius 1 is 1.00 bits per heavy atom. The SMILES string of the molecule is N=CC(=O)C(Cc1ccccc1)NC(=O)OCc1ccccc1. The lowest BCUT2D eigenvalue weighted by Gasteiger charge is -2.16. The van der Waals surface area contributed by atoms with Gasteiger partial charge in [-0.2, -0.15) is 0 Å². The highest BCUT2D eigenvalue weighted by atomic mass is 16.5. The molecule has 1 atom stereocenters. The van der Waals surface area contributed by atoms with E-state index in [0.29, 0.717) is 12.6 Å². The largest absolute Gasteiger partial charge is 0.445 e. The minimum absolute atomic E-state index is 0.128. The average molecular weight is 310 g/mol. The molecule has 0 aliphatic heterocycles. The maximum absolute atomic E-state index is 11.9. The quantitative estimate of drug-likeness (QED) is 0.772. The zero-order valence-electron chi connectivity index (χ0n) is 12.6. The fraction of sp³-hybridized carbons (Fsp3) is 0.167. The molecule has 0 aromatic heterocycles. The lowest BCUT2D eigenvalue weighted by Crippen LogP contribution is -2.43. The van der Waals surface area contributed by atoms with Crippen LogP contribution >= 0.6 is 0 Å². The van der Waals surface area contributed by atoms with Gasteiger partial charge in [-0.1, -0.05) is 60.7 Å². The summed E-state index contributed by atoms with van der Waals surface area (Å²) >= 11 is 0. The molecule has 0 fully saturated rings. The zero-order chi connectivity index (χ0) is 16.5. The highest BCUT2D eigenvalue weighted by Gasteiger charge is 2.20. The first-order valence-corrected chi connectivity index (χ1v) is 7.24.